The zero-order valence-electron chi connectivity index (χ0n) is 21.6. The average Bonchev–Trinajstić information content (AvgIpc) is 2.93. The van der Waals surface area contributed by atoms with Crippen molar-refractivity contribution in [2.24, 2.45) is 0 Å². The van der Waals surface area contributed by atoms with E-state index in [4.69, 9.17) is 0 Å². The fourth-order valence-electron chi connectivity index (χ4n) is 3.98. The first-order valence-corrected chi connectivity index (χ1v) is 15.5. The number of aryl methyl sites for hydroxylation is 3. The minimum atomic E-state index is -0.483. The number of benzene rings is 5. The molecule has 0 nitrogen and oxygen atoms in total. The van der Waals surface area contributed by atoms with Gasteiger partial charge in [0.25, 0.3) is 0 Å². The summed E-state index contributed by atoms with van der Waals surface area (Å²) in [5, 5.41) is 7.11. The molecule has 36 heavy (non-hydrogen) atoms. The van der Waals surface area contributed by atoms with E-state index in [-0.39, 0.29) is 7.92 Å². The molecule has 0 fully saturated rings. The molecule has 5 aromatic carbocycles. The van der Waals surface area contributed by atoms with Gasteiger partial charge in [-0.3, -0.25) is 0 Å². The number of rotatable bonds is 5. The summed E-state index contributed by atoms with van der Waals surface area (Å²) in [6.45, 7) is 8.73. The average molecular weight is 505 g/mol. The fourth-order valence-corrected chi connectivity index (χ4v) is 7.75. The summed E-state index contributed by atoms with van der Waals surface area (Å²) in [7, 11) is -0.654. The molecule has 0 heterocycles. The Morgan fingerprint density at radius 2 is 0.611 bits per heavy atom. The minimum absolute atomic E-state index is 0.171. The Labute approximate surface area is 219 Å². The van der Waals surface area contributed by atoms with Gasteiger partial charge in [-0.2, -0.15) is 0 Å². The van der Waals surface area contributed by atoms with Gasteiger partial charge in [-0.05, 0) is 69.8 Å². The maximum atomic E-state index is 2.31. The summed E-state index contributed by atoms with van der Waals surface area (Å²) in [4.78, 5) is 0. The molecule has 0 spiro atoms. The molecule has 180 valence electrons. The molecular weight excluding hydrogens is 470 g/mol. The van der Waals surface area contributed by atoms with Gasteiger partial charge in [0.2, 0.25) is 0 Å². The lowest BCUT2D eigenvalue weighted by Gasteiger charge is -2.20. The molecule has 0 aliphatic heterocycles. The number of hydrogen-bond donors (Lipinski definition) is 0. The van der Waals surface area contributed by atoms with Gasteiger partial charge in [-0.1, -0.05) is 150 Å². The van der Waals surface area contributed by atoms with E-state index in [2.05, 4.69) is 161 Å². The van der Waals surface area contributed by atoms with Crippen molar-refractivity contribution in [3.63, 3.8) is 0 Å². The van der Waals surface area contributed by atoms with Crippen molar-refractivity contribution in [2.45, 2.75) is 20.8 Å². The summed E-state index contributed by atoms with van der Waals surface area (Å²) in [5.74, 6) is 0. The Kier molecular flexibility index (Phi) is 9.24. The molecule has 0 aliphatic carbocycles. The number of hydrogen-bond acceptors (Lipinski definition) is 0. The van der Waals surface area contributed by atoms with Crippen LogP contribution in [-0.2, 0) is 0 Å². The third-order valence-electron chi connectivity index (χ3n) is 6.16. The van der Waals surface area contributed by atoms with Crippen LogP contribution < -0.4 is 26.5 Å². The van der Waals surface area contributed by atoms with Crippen molar-refractivity contribution < 1.29 is 0 Å². The molecule has 0 atom stereocenters. The van der Waals surface area contributed by atoms with E-state index < -0.39 is 7.92 Å². The predicted molar refractivity (Wildman–Crippen MR) is 164 cm³/mol. The third-order valence-corrected chi connectivity index (χ3v) is 10.8. The van der Waals surface area contributed by atoms with Gasteiger partial charge in [-0.15, -0.1) is 0 Å². The summed E-state index contributed by atoms with van der Waals surface area (Å²) in [5.41, 5.74) is 3.93. The largest absolute Gasteiger partial charge is 0.0622 e. The second kappa shape index (κ2) is 12.8. The molecule has 0 aromatic heterocycles. The van der Waals surface area contributed by atoms with Crippen LogP contribution in [0.25, 0.3) is 0 Å². The lowest BCUT2D eigenvalue weighted by atomic mass is 10.2. The Morgan fingerprint density at radius 3 is 0.889 bits per heavy atom. The van der Waals surface area contributed by atoms with Crippen LogP contribution in [0.1, 0.15) is 16.7 Å². The van der Waals surface area contributed by atoms with Crippen molar-refractivity contribution in [2.75, 3.05) is 6.66 Å². The molecule has 5 aromatic rings. The second-order valence-electron chi connectivity index (χ2n) is 9.07. The summed E-state index contributed by atoms with van der Waals surface area (Å²) in [6, 6.07) is 48.4. The van der Waals surface area contributed by atoms with Gasteiger partial charge in [0, 0.05) is 0 Å². The predicted octanol–water partition coefficient (Wildman–Crippen LogP) is 7.12. The molecule has 0 bridgehead atoms. The van der Waals surface area contributed by atoms with Crippen LogP contribution in [0.5, 0.6) is 0 Å². The third kappa shape index (κ3) is 7.01. The SMILES string of the molecule is CP(c1ccccc1)c1ccccc1.Cc1ccc(P(c2ccc(C)cc2)c2ccc(C)cc2)cc1. The Hall–Kier alpha value is -3.04. The maximum Gasteiger partial charge on any atom is -0.0134 e. The highest BCUT2D eigenvalue weighted by molar-refractivity contribution is 7.79. The van der Waals surface area contributed by atoms with E-state index >= 15 is 0 Å². The van der Waals surface area contributed by atoms with E-state index in [1.165, 1.54) is 43.2 Å². The lowest BCUT2D eigenvalue weighted by molar-refractivity contribution is 1.48. The monoisotopic (exact) mass is 504 g/mol. The van der Waals surface area contributed by atoms with E-state index in [9.17, 15) is 0 Å². The van der Waals surface area contributed by atoms with Gasteiger partial charge < -0.3 is 0 Å². The molecule has 0 saturated heterocycles. The summed E-state index contributed by atoms with van der Waals surface area (Å²) in [6.07, 6.45) is 0. The lowest BCUT2D eigenvalue weighted by Crippen LogP contribution is -2.20. The molecule has 0 N–H and O–H groups in total. The van der Waals surface area contributed by atoms with E-state index in [1.54, 1.807) is 0 Å². The van der Waals surface area contributed by atoms with Crippen LogP contribution >= 0.6 is 15.8 Å². The highest BCUT2D eigenvalue weighted by Crippen LogP contribution is 2.33. The molecular formula is C34H34P2. The fraction of sp³-hybridized carbons (Fsp3) is 0.118. The molecule has 0 saturated carbocycles. The standard InChI is InChI=1S/C21H21P.C13H13P/c1-16-4-10-19(11-5-16)22(20-12-6-17(2)7-13-20)21-14-8-18(3)9-15-21;1-14(12-8-4-2-5-9-12)13-10-6-3-7-11-13/h4-15H,1-3H3;2-11H,1H3. The zero-order valence-corrected chi connectivity index (χ0v) is 23.4. The van der Waals surface area contributed by atoms with Gasteiger partial charge in [0.15, 0.2) is 0 Å². The van der Waals surface area contributed by atoms with Crippen LogP contribution in [0.2, 0.25) is 0 Å². The van der Waals surface area contributed by atoms with E-state index in [1.807, 2.05) is 0 Å². The Bertz CT molecular complexity index is 1180. The second-order valence-corrected chi connectivity index (χ2v) is 13.4. The van der Waals surface area contributed by atoms with Crippen LogP contribution in [0.15, 0.2) is 133 Å². The van der Waals surface area contributed by atoms with Gasteiger partial charge in [0.05, 0.1) is 0 Å². The quantitative estimate of drug-likeness (QED) is 0.224. The molecule has 0 aliphatic rings. The Morgan fingerprint density at radius 1 is 0.333 bits per heavy atom. The summed E-state index contributed by atoms with van der Waals surface area (Å²) >= 11 is 0. The van der Waals surface area contributed by atoms with Gasteiger partial charge in [-0.25, -0.2) is 0 Å². The van der Waals surface area contributed by atoms with E-state index in [0.717, 1.165) is 0 Å². The van der Waals surface area contributed by atoms with Gasteiger partial charge in [0.1, 0.15) is 0 Å². The maximum absolute atomic E-state index is 2.31. The first-order chi connectivity index (χ1) is 17.5. The van der Waals surface area contributed by atoms with Gasteiger partial charge >= 0.3 is 0 Å². The smallest absolute Gasteiger partial charge is 0.0134 e. The first-order valence-electron chi connectivity index (χ1n) is 12.4. The normalized spacial score (nSPS) is 10.7. The summed E-state index contributed by atoms with van der Waals surface area (Å²) < 4.78 is 0. The zero-order chi connectivity index (χ0) is 25.3. The molecule has 0 unspecified atom stereocenters. The highest BCUT2D eigenvalue weighted by atomic mass is 31.1. The molecule has 5 rings (SSSR count). The van der Waals surface area contributed by atoms with Crippen LogP contribution in [0.3, 0.4) is 0 Å². The van der Waals surface area contributed by atoms with Crippen molar-refractivity contribution in [3.05, 3.63) is 150 Å². The highest BCUT2D eigenvalue weighted by Gasteiger charge is 2.16. The van der Waals surface area contributed by atoms with Crippen molar-refractivity contribution >= 4 is 42.4 Å². The van der Waals surface area contributed by atoms with Crippen LogP contribution in [0, 0.1) is 20.8 Å². The molecule has 0 amide bonds. The van der Waals surface area contributed by atoms with Crippen molar-refractivity contribution in [1.29, 1.82) is 0 Å². The Balaban J connectivity index is 0.000000187. The van der Waals surface area contributed by atoms with Crippen molar-refractivity contribution in [3.8, 4) is 0 Å². The molecule has 0 radical (unpaired) electrons. The van der Waals surface area contributed by atoms with Crippen LogP contribution in [-0.4, -0.2) is 6.66 Å². The molecule has 2 heteroatoms. The van der Waals surface area contributed by atoms with E-state index in [0.29, 0.717) is 0 Å². The minimum Gasteiger partial charge on any atom is -0.0622 e. The van der Waals surface area contributed by atoms with Crippen LogP contribution in [0.4, 0.5) is 0 Å². The van der Waals surface area contributed by atoms with Crippen molar-refractivity contribution in [1.82, 2.24) is 0 Å². The first kappa shape index (κ1) is 26.0. The topological polar surface area (TPSA) is 0 Å².